The zero-order valence-corrected chi connectivity index (χ0v) is 13.0. The minimum Gasteiger partial charge on any atom is -0.389 e. The largest absolute Gasteiger partial charge is 0.389 e. The summed E-state index contributed by atoms with van der Waals surface area (Å²) in [7, 11) is 0. The topological polar surface area (TPSA) is 32.5 Å². The van der Waals surface area contributed by atoms with Gasteiger partial charge in [0.25, 0.3) is 0 Å². The molecule has 1 aromatic carbocycles. The summed E-state index contributed by atoms with van der Waals surface area (Å²) in [5, 5.41) is 0. The summed E-state index contributed by atoms with van der Waals surface area (Å²) in [5.41, 5.74) is 9.25. The second kappa shape index (κ2) is 5.70. The van der Waals surface area contributed by atoms with Crippen LogP contribution in [-0.2, 0) is 0 Å². The summed E-state index contributed by atoms with van der Waals surface area (Å²) in [6.45, 7) is 6.95. The summed E-state index contributed by atoms with van der Waals surface area (Å²) in [5.74, 6) is 0. The lowest BCUT2D eigenvalue weighted by atomic mass is 10.1. The Labute approximate surface area is 126 Å². The van der Waals surface area contributed by atoms with Gasteiger partial charge in [-0.2, -0.15) is 0 Å². The fraction of sp³-hybridized carbons (Fsp3) is 0.562. The SMILES string of the molecule is Cc1cc(N2CCCN3CCCC3C2)ccc1C(N)=S. The van der Waals surface area contributed by atoms with Crippen molar-refractivity contribution in [2.75, 3.05) is 31.1 Å². The Morgan fingerprint density at radius 2 is 2.05 bits per heavy atom. The van der Waals surface area contributed by atoms with Gasteiger partial charge in [0.2, 0.25) is 0 Å². The molecule has 1 atom stereocenters. The van der Waals surface area contributed by atoms with E-state index in [2.05, 4.69) is 34.9 Å². The molecule has 108 valence electrons. The first-order valence-electron chi connectivity index (χ1n) is 7.54. The van der Waals surface area contributed by atoms with Crippen molar-refractivity contribution >= 4 is 22.9 Å². The molecule has 3 nitrogen and oxygen atoms in total. The molecule has 0 saturated carbocycles. The Balaban J connectivity index is 1.81. The molecule has 2 N–H and O–H groups in total. The van der Waals surface area contributed by atoms with Crippen molar-refractivity contribution in [3.05, 3.63) is 29.3 Å². The number of aryl methyl sites for hydroxylation is 1. The molecule has 0 amide bonds. The van der Waals surface area contributed by atoms with Crippen LogP contribution in [0.1, 0.15) is 30.4 Å². The zero-order valence-electron chi connectivity index (χ0n) is 12.1. The number of nitrogens with zero attached hydrogens (tertiary/aromatic N) is 2. The van der Waals surface area contributed by atoms with E-state index in [1.165, 1.54) is 43.6 Å². The normalized spacial score (nSPS) is 23.4. The van der Waals surface area contributed by atoms with Crippen molar-refractivity contribution in [1.82, 2.24) is 4.90 Å². The first-order valence-corrected chi connectivity index (χ1v) is 7.95. The van der Waals surface area contributed by atoms with Crippen molar-refractivity contribution in [3.8, 4) is 0 Å². The molecule has 1 aromatic rings. The van der Waals surface area contributed by atoms with Crippen LogP contribution in [0.15, 0.2) is 18.2 Å². The minimum absolute atomic E-state index is 0.492. The lowest BCUT2D eigenvalue weighted by Crippen LogP contribution is -2.36. The van der Waals surface area contributed by atoms with Crippen LogP contribution >= 0.6 is 12.2 Å². The number of fused-ring (bicyclic) bond motifs is 1. The number of benzene rings is 1. The summed E-state index contributed by atoms with van der Waals surface area (Å²) >= 11 is 5.09. The highest BCUT2D eigenvalue weighted by Crippen LogP contribution is 2.26. The minimum atomic E-state index is 0.492. The molecule has 0 aromatic heterocycles. The molecule has 2 aliphatic rings. The number of rotatable bonds is 2. The van der Waals surface area contributed by atoms with E-state index in [4.69, 9.17) is 18.0 Å². The van der Waals surface area contributed by atoms with Crippen LogP contribution in [0.5, 0.6) is 0 Å². The number of anilines is 1. The molecule has 0 aliphatic carbocycles. The van der Waals surface area contributed by atoms with E-state index in [1.807, 2.05) is 0 Å². The number of thiocarbonyl (C=S) groups is 1. The summed E-state index contributed by atoms with van der Waals surface area (Å²) in [6.07, 6.45) is 3.96. The predicted octanol–water partition coefficient (Wildman–Crippen LogP) is 2.30. The van der Waals surface area contributed by atoms with E-state index in [0.29, 0.717) is 4.99 Å². The average Bonchev–Trinajstić information content (AvgIpc) is 2.75. The monoisotopic (exact) mass is 289 g/mol. The van der Waals surface area contributed by atoms with Gasteiger partial charge >= 0.3 is 0 Å². The Bertz CT molecular complexity index is 514. The van der Waals surface area contributed by atoms with Crippen molar-refractivity contribution in [2.45, 2.75) is 32.2 Å². The molecule has 0 bridgehead atoms. The number of hydrogen-bond donors (Lipinski definition) is 1. The third-order valence-electron chi connectivity index (χ3n) is 4.64. The van der Waals surface area contributed by atoms with Crippen LogP contribution in [0.4, 0.5) is 5.69 Å². The Hall–Kier alpha value is -1.13. The smallest absolute Gasteiger partial charge is 0.104 e. The van der Waals surface area contributed by atoms with E-state index in [0.717, 1.165) is 24.7 Å². The van der Waals surface area contributed by atoms with Crippen LogP contribution in [0.3, 0.4) is 0 Å². The first-order chi connectivity index (χ1) is 9.65. The molecule has 2 aliphatic heterocycles. The number of hydrogen-bond acceptors (Lipinski definition) is 3. The summed E-state index contributed by atoms with van der Waals surface area (Å²) < 4.78 is 0. The van der Waals surface area contributed by atoms with Gasteiger partial charge in [0.05, 0.1) is 0 Å². The van der Waals surface area contributed by atoms with Crippen LogP contribution in [-0.4, -0.2) is 42.1 Å². The van der Waals surface area contributed by atoms with Gasteiger partial charge in [-0.3, -0.25) is 4.90 Å². The van der Waals surface area contributed by atoms with Crippen LogP contribution in [0, 0.1) is 6.92 Å². The van der Waals surface area contributed by atoms with Gasteiger partial charge < -0.3 is 10.6 Å². The number of nitrogens with two attached hydrogens (primary N) is 1. The van der Waals surface area contributed by atoms with Crippen molar-refractivity contribution in [2.24, 2.45) is 5.73 Å². The molecule has 1 unspecified atom stereocenters. The van der Waals surface area contributed by atoms with Gasteiger partial charge in [0.1, 0.15) is 4.99 Å². The first kappa shape index (κ1) is 13.8. The van der Waals surface area contributed by atoms with Crippen LogP contribution in [0.2, 0.25) is 0 Å². The second-order valence-corrected chi connectivity index (χ2v) is 6.43. The van der Waals surface area contributed by atoms with Crippen LogP contribution in [0.25, 0.3) is 0 Å². The fourth-order valence-electron chi connectivity index (χ4n) is 3.56. The maximum Gasteiger partial charge on any atom is 0.104 e. The standard InChI is InChI=1S/C16H23N3S/c1-12-10-13(5-6-15(12)16(17)20)19-9-3-8-18-7-2-4-14(18)11-19/h5-6,10,14H,2-4,7-9,11H2,1H3,(H2,17,20). The lowest BCUT2D eigenvalue weighted by molar-refractivity contribution is 0.273. The highest BCUT2D eigenvalue weighted by atomic mass is 32.1. The van der Waals surface area contributed by atoms with E-state index in [9.17, 15) is 0 Å². The van der Waals surface area contributed by atoms with Crippen molar-refractivity contribution < 1.29 is 0 Å². The molecule has 0 spiro atoms. The van der Waals surface area contributed by atoms with Gasteiger partial charge in [-0.1, -0.05) is 12.2 Å². The van der Waals surface area contributed by atoms with Gasteiger partial charge in [-0.15, -0.1) is 0 Å². The Morgan fingerprint density at radius 1 is 1.25 bits per heavy atom. The van der Waals surface area contributed by atoms with E-state index in [-0.39, 0.29) is 0 Å². The molecule has 20 heavy (non-hydrogen) atoms. The third-order valence-corrected chi connectivity index (χ3v) is 4.86. The molecule has 2 saturated heterocycles. The van der Waals surface area contributed by atoms with Crippen molar-refractivity contribution in [1.29, 1.82) is 0 Å². The molecular weight excluding hydrogens is 266 g/mol. The van der Waals surface area contributed by atoms with E-state index < -0.39 is 0 Å². The van der Waals surface area contributed by atoms with E-state index >= 15 is 0 Å². The quantitative estimate of drug-likeness (QED) is 0.847. The summed E-state index contributed by atoms with van der Waals surface area (Å²) in [4.78, 5) is 5.69. The van der Waals surface area contributed by atoms with Gasteiger partial charge in [-0.05, 0) is 56.5 Å². The fourth-order valence-corrected chi connectivity index (χ4v) is 3.79. The summed E-state index contributed by atoms with van der Waals surface area (Å²) in [6, 6.07) is 7.23. The Morgan fingerprint density at radius 3 is 2.80 bits per heavy atom. The molecule has 2 heterocycles. The van der Waals surface area contributed by atoms with Crippen molar-refractivity contribution in [3.63, 3.8) is 0 Å². The predicted molar refractivity (Wildman–Crippen MR) is 88.5 cm³/mol. The van der Waals surface area contributed by atoms with Gasteiger partial charge in [0, 0.05) is 36.9 Å². The maximum atomic E-state index is 5.75. The van der Waals surface area contributed by atoms with Gasteiger partial charge in [0.15, 0.2) is 0 Å². The maximum absolute atomic E-state index is 5.75. The molecular formula is C16H23N3S. The van der Waals surface area contributed by atoms with Crippen LogP contribution < -0.4 is 10.6 Å². The lowest BCUT2D eigenvalue weighted by Gasteiger charge is -2.27. The second-order valence-electron chi connectivity index (χ2n) is 6.00. The van der Waals surface area contributed by atoms with Gasteiger partial charge in [-0.25, -0.2) is 0 Å². The molecule has 2 fully saturated rings. The third kappa shape index (κ3) is 2.67. The Kier molecular flexibility index (Phi) is 3.94. The molecule has 4 heteroatoms. The highest BCUT2D eigenvalue weighted by molar-refractivity contribution is 7.80. The van der Waals surface area contributed by atoms with E-state index in [1.54, 1.807) is 0 Å². The average molecular weight is 289 g/mol. The molecule has 3 rings (SSSR count). The zero-order chi connectivity index (χ0) is 14.1. The molecule has 0 radical (unpaired) electrons. The highest BCUT2D eigenvalue weighted by Gasteiger charge is 2.28.